The molecular weight excluding hydrogens is 262 g/mol. The van der Waals surface area contributed by atoms with Gasteiger partial charge in [0.15, 0.2) is 9.84 Å². The Hall–Kier alpha value is -1.14. The van der Waals surface area contributed by atoms with Crippen molar-refractivity contribution < 1.29 is 8.42 Å². The highest BCUT2D eigenvalue weighted by atomic mass is 32.2. The Balaban J connectivity index is 2.27. The Morgan fingerprint density at radius 1 is 1.37 bits per heavy atom. The van der Waals surface area contributed by atoms with Gasteiger partial charge in [0, 0.05) is 42.8 Å². The zero-order valence-corrected chi connectivity index (χ0v) is 12.3. The fraction of sp³-hybridized carbons (Fsp3) is 0.615. The molecule has 0 spiro atoms. The fourth-order valence-electron chi connectivity index (χ4n) is 2.37. The summed E-state index contributed by atoms with van der Waals surface area (Å²) < 4.78 is 23.3. The number of aromatic nitrogens is 1. The van der Waals surface area contributed by atoms with Gasteiger partial charge in [0.1, 0.15) is 0 Å². The summed E-state index contributed by atoms with van der Waals surface area (Å²) in [5.41, 5.74) is 3.19. The first-order valence-corrected chi connectivity index (χ1v) is 8.39. The Morgan fingerprint density at radius 3 is 2.89 bits per heavy atom. The first-order chi connectivity index (χ1) is 9.02. The molecule has 0 aliphatic carbocycles. The highest BCUT2D eigenvalue weighted by Crippen LogP contribution is 2.22. The van der Waals surface area contributed by atoms with Gasteiger partial charge in [-0.2, -0.15) is 0 Å². The summed E-state index contributed by atoms with van der Waals surface area (Å²) in [6.45, 7) is 4.06. The van der Waals surface area contributed by atoms with Gasteiger partial charge in [-0.1, -0.05) is 0 Å². The van der Waals surface area contributed by atoms with Crippen LogP contribution < -0.4 is 10.2 Å². The summed E-state index contributed by atoms with van der Waals surface area (Å²) in [5, 5.41) is 3.13. The standard InChI is InChI=1S/C13H21N3O2S/c1-11-8-13(12(9-14-2)10-15-11)16-4-3-6-19(17,18)7-5-16/h8,10,14H,3-7,9H2,1-2H3. The van der Waals surface area contributed by atoms with E-state index in [0.717, 1.165) is 30.0 Å². The monoisotopic (exact) mass is 283 g/mol. The number of nitrogens with one attached hydrogen (secondary N) is 1. The van der Waals surface area contributed by atoms with Gasteiger partial charge in [-0.25, -0.2) is 8.42 Å². The van der Waals surface area contributed by atoms with E-state index in [1.807, 2.05) is 26.2 Å². The van der Waals surface area contributed by atoms with Gasteiger partial charge in [-0.15, -0.1) is 0 Å². The molecule has 0 saturated carbocycles. The molecule has 19 heavy (non-hydrogen) atoms. The van der Waals surface area contributed by atoms with E-state index >= 15 is 0 Å². The largest absolute Gasteiger partial charge is 0.370 e. The van der Waals surface area contributed by atoms with Gasteiger partial charge in [0.25, 0.3) is 0 Å². The number of hydrogen-bond acceptors (Lipinski definition) is 5. The third kappa shape index (κ3) is 3.67. The van der Waals surface area contributed by atoms with Crippen LogP contribution in [0.2, 0.25) is 0 Å². The molecule has 2 heterocycles. The summed E-state index contributed by atoms with van der Waals surface area (Å²) in [5.74, 6) is 0.544. The number of hydrogen-bond donors (Lipinski definition) is 1. The van der Waals surface area contributed by atoms with Crippen molar-refractivity contribution in [3.63, 3.8) is 0 Å². The quantitative estimate of drug-likeness (QED) is 0.886. The smallest absolute Gasteiger partial charge is 0.152 e. The van der Waals surface area contributed by atoms with Gasteiger partial charge >= 0.3 is 0 Å². The molecule has 1 aliphatic rings. The number of pyridine rings is 1. The molecule has 0 bridgehead atoms. The van der Waals surface area contributed by atoms with Gasteiger partial charge in [0.2, 0.25) is 0 Å². The minimum atomic E-state index is -2.87. The van der Waals surface area contributed by atoms with E-state index in [2.05, 4.69) is 15.2 Å². The molecule has 1 saturated heterocycles. The molecule has 2 rings (SSSR count). The van der Waals surface area contributed by atoms with Gasteiger partial charge < -0.3 is 10.2 Å². The van der Waals surface area contributed by atoms with Gasteiger partial charge in [-0.05, 0) is 26.5 Å². The van der Waals surface area contributed by atoms with E-state index in [4.69, 9.17) is 0 Å². The number of nitrogens with zero attached hydrogens (tertiary/aromatic N) is 2. The van der Waals surface area contributed by atoms with Gasteiger partial charge in [0.05, 0.1) is 11.5 Å². The van der Waals surface area contributed by atoms with Crippen molar-refractivity contribution in [1.82, 2.24) is 10.3 Å². The third-order valence-electron chi connectivity index (χ3n) is 3.36. The summed E-state index contributed by atoms with van der Waals surface area (Å²) >= 11 is 0. The first kappa shape index (κ1) is 14.3. The second-order valence-electron chi connectivity index (χ2n) is 4.98. The maximum absolute atomic E-state index is 11.7. The lowest BCUT2D eigenvalue weighted by atomic mass is 10.1. The minimum absolute atomic E-state index is 0.243. The minimum Gasteiger partial charge on any atom is -0.370 e. The zero-order valence-electron chi connectivity index (χ0n) is 11.5. The maximum Gasteiger partial charge on any atom is 0.152 e. The van der Waals surface area contributed by atoms with E-state index < -0.39 is 9.84 Å². The van der Waals surface area contributed by atoms with E-state index in [9.17, 15) is 8.42 Å². The molecule has 1 aliphatic heterocycles. The molecule has 0 atom stereocenters. The molecule has 6 heteroatoms. The van der Waals surface area contributed by atoms with Crippen LogP contribution >= 0.6 is 0 Å². The Kier molecular flexibility index (Phi) is 4.42. The lowest BCUT2D eigenvalue weighted by molar-refractivity contribution is 0.597. The van der Waals surface area contributed by atoms with E-state index in [0.29, 0.717) is 18.7 Å². The van der Waals surface area contributed by atoms with Crippen molar-refractivity contribution >= 4 is 15.5 Å². The third-order valence-corrected chi connectivity index (χ3v) is 5.08. The van der Waals surface area contributed by atoms with Crippen molar-refractivity contribution in [1.29, 1.82) is 0 Å². The van der Waals surface area contributed by atoms with Crippen LogP contribution in [0.4, 0.5) is 5.69 Å². The van der Waals surface area contributed by atoms with E-state index in [1.54, 1.807) is 0 Å². The van der Waals surface area contributed by atoms with E-state index in [1.165, 1.54) is 0 Å². The molecule has 0 aromatic carbocycles. The average molecular weight is 283 g/mol. The molecule has 1 fully saturated rings. The van der Waals surface area contributed by atoms with Crippen LogP contribution in [-0.4, -0.2) is 45.0 Å². The fourth-order valence-corrected chi connectivity index (χ4v) is 3.65. The van der Waals surface area contributed by atoms with Crippen LogP contribution in [0.25, 0.3) is 0 Å². The number of aryl methyl sites for hydroxylation is 1. The van der Waals surface area contributed by atoms with Crippen molar-refractivity contribution in [2.24, 2.45) is 0 Å². The Morgan fingerprint density at radius 2 is 2.16 bits per heavy atom. The summed E-state index contributed by atoms with van der Waals surface area (Å²) in [6.07, 6.45) is 2.57. The molecule has 106 valence electrons. The van der Waals surface area contributed by atoms with Crippen LogP contribution in [0.3, 0.4) is 0 Å². The molecule has 1 aromatic heterocycles. The molecule has 0 amide bonds. The normalized spacial score (nSPS) is 19.2. The highest BCUT2D eigenvalue weighted by Gasteiger charge is 2.21. The van der Waals surface area contributed by atoms with Crippen molar-refractivity contribution in [2.45, 2.75) is 19.9 Å². The summed E-state index contributed by atoms with van der Waals surface area (Å²) in [4.78, 5) is 6.49. The molecule has 0 unspecified atom stereocenters. The van der Waals surface area contributed by atoms with Crippen molar-refractivity contribution in [3.8, 4) is 0 Å². The Bertz CT molecular complexity index is 543. The number of anilines is 1. The zero-order chi connectivity index (χ0) is 13.9. The topological polar surface area (TPSA) is 62.3 Å². The summed E-state index contributed by atoms with van der Waals surface area (Å²) in [7, 11) is -0.969. The lowest BCUT2D eigenvalue weighted by Gasteiger charge is -2.25. The van der Waals surface area contributed by atoms with Crippen LogP contribution in [0.1, 0.15) is 17.7 Å². The lowest BCUT2D eigenvalue weighted by Crippen LogP contribution is -2.28. The summed E-state index contributed by atoms with van der Waals surface area (Å²) in [6, 6.07) is 2.05. The average Bonchev–Trinajstić information content (AvgIpc) is 2.53. The Labute approximate surface area is 114 Å². The molecular formula is C13H21N3O2S. The predicted molar refractivity (Wildman–Crippen MR) is 77.2 cm³/mol. The predicted octanol–water partition coefficient (Wildman–Crippen LogP) is 0.734. The first-order valence-electron chi connectivity index (χ1n) is 6.57. The molecule has 1 aromatic rings. The second-order valence-corrected chi connectivity index (χ2v) is 7.28. The second kappa shape index (κ2) is 5.88. The number of rotatable bonds is 3. The van der Waals surface area contributed by atoms with Crippen molar-refractivity contribution in [2.75, 3.05) is 36.5 Å². The molecule has 1 N–H and O–H groups in total. The highest BCUT2D eigenvalue weighted by molar-refractivity contribution is 7.91. The number of sulfone groups is 1. The van der Waals surface area contributed by atoms with Gasteiger partial charge in [-0.3, -0.25) is 4.98 Å². The van der Waals surface area contributed by atoms with Crippen molar-refractivity contribution in [3.05, 3.63) is 23.5 Å². The van der Waals surface area contributed by atoms with Crippen LogP contribution in [-0.2, 0) is 16.4 Å². The van der Waals surface area contributed by atoms with E-state index in [-0.39, 0.29) is 5.75 Å². The molecule has 5 nitrogen and oxygen atoms in total. The molecule has 0 radical (unpaired) electrons. The van der Waals surface area contributed by atoms with Crippen LogP contribution in [0.15, 0.2) is 12.3 Å². The van der Waals surface area contributed by atoms with Crippen LogP contribution in [0, 0.1) is 6.92 Å². The maximum atomic E-state index is 11.7. The SMILES string of the molecule is CNCc1cnc(C)cc1N1CCCS(=O)(=O)CC1. The van der Waals surface area contributed by atoms with Crippen LogP contribution in [0.5, 0.6) is 0 Å².